The van der Waals surface area contributed by atoms with Crippen LogP contribution in [0.2, 0.25) is 0 Å². The van der Waals surface area contributed by atoms with Gasteiger partial charge < -0.3 is 29.1 Å². The van der Waals surface area contributed by atoms with Crippen molar-refractivity contribution >= 4 is 55.7 Å². The lowest BCUT2D eigenvalue weighted by Gasteiger charge is -2.36. The largest absolute Gasteiger partial charge is 0.451 e. The van der Waals surface area contributed by atoms with Crippen LogP contribution in [0.1, 0.15) is 39.3 Å². The van der Waals surface area contributed by atoms with Gasteiger partial charge in [-0.2, -0.15) is 0 Å². The van der Waals surface area contributed by atoms with Gasteiger partial charge in [0, 0.05) is 86.6 Å². The highest BCUT2D eigenvalue weighted by Gasteiger charge is 2.29. The minimum atomic E-state index is -4.49. The number of nitro groups is 1. The molecular formula is C48H45N7O9S. The van der Waals surface area contributed by atoms with E-state index in [2.05, 4.69) is 36.2 Å². The summed E-state index contributed by atoms with van der Waals surface area (Å²) in [6.07, 6.45) is 1.49. The SMILES string of the molecule is O=C(NS(=O)(=O)c1cccc([N+](=O)[O-])c1NCC1CCOCC1)c1ccc(N2CCN(Cc3ccccc3-c3ccc(C(=O)Nc4ccc5oc(-c6ccccc6)nc5c4)o3)CC2)cc1. The summed E-state index contributed by atoms with van der Waals surface area (Å²) in [6, 6.07) is 36.8. The Labute approximate surface area is 374 Å². The Morgan fingerprint density at radius 2 is 1.55 bits per heavy atom. The van der Waals surface area contributed by atoms with E-state index < -0.39 is 32.4 Å². The van der Waals surface area contributed by atoms with E-state index >= 15 is 0 Å². The average molecular weight is 896 g/mol. The summed E-state index contributed by atoms with van der Waals surface area (Å²) in [6.45, 7) is 5.02. The number of carbonyl (C=O) groups is 2. The molecule has 7 aromatic rings. The van der Waals surface area contributed by atoms with E-state index in [1.165, 1.54) is 18.2 Å². The number of oxazole rings is 1. The summed E-state index contributed by atoms with van der Waals surface area (Å²) < 4.78 is 46.6. The Morgan fingerprint density at radius 1 is 0.800 bits per heavy atom. The first-order valence-corrected chi connectivity index (χ1v) is 22.8. The first kappa shape index (κ1) is 42.9. The molecule has 0 bridgehead atoms. The van der Waals surface area contributed by atoms with Crippen molar-refractivity contribution in [2.24, 2.45) is 5.92 Å². The molecule has 9 rings (SSSR count). The number of sulfonamides is 1. The summed E-state index contributed by atoms with van der Waals surface area (Å²) >= 11 is 0. The maximum Gasteiger partial charge on any atom is 0.293 e. The van der Waals surface area contributed by atoms with Crippen molar-refractivity contribution in [1.82, 2.24) is 14.6 Å². The molecule has 0 saturated carbocycles. The summed E-state index contributed by atoms with van der Waals surface area (Å²) in [7, 11) is -4.49. The van der Waals surface area contributed by atoms with Gasteiger partial charge in [0.2, 0.25) is 5.89 Å². The van der Waals surface area contributed by atoms with Gasteiger partial charge >= 0.3 is 0 Å². The fourth-order valence-corrected chi connectivity index (χ4v) is 9.32. The third-order valence-electron chi connectivity index (χ3n) is 11.7. The van der Waals surface area contributed by atoms with Gasteiger partial charge in [-0.05, 0) is 97.1 Å². The smallest absolute Gasteiger partial charge is 0.293 e. The molecule has 0 aliphatic carbocycles. The van der Waals surface area contributed by atoms with Crippen molar-refractivity contribution in [2.75, 3.05) is 61.5 Å². The van der Waals surface area contributed by atoms with Gasteiger partial charge in [-0.25, -0.2) is 18.1 Å². The Hall–Kier alpha value is -7.34. The lowest BCUT2D eigenvalue weighted by Crippen LogP contribution is -2.46. The van der Waals surface area contributed by atoms with E-state index in [9.17, 15) is 28.1 Å². The third-order valence-corrected chi connectivity index (χ3v) is 13.0. The number of hydrogen-bond donors (Lipinski definition) is 3. The van der Waals surface area contributed by atoms with Crippen molar-refractivity contribution in [3.63, 3.8) is 0 Å². The van der Waals surface area contributed by atoms with E-state index in [0.29, 0.717) is 67.8 Å². The van der Waals surface area contributed by atoms with Crippen LogP contribution < -0.4 is 20.3 Å². The lowest BCUT2D eigenvalue weighted by atomic mass is 10.0. The lowest BCUT2D eigenvalue weighted by molar-refractivity contribution is -0.384. The molecule has 65 heavy (non-hydrogen) atoms. The number of rotatable bonds is 14. The van der Waals surface area contributed by atoms with Crippen LogP contribution >= 0.6 is 0 Å². The van der Waals surface area contributed by atoms with Crippen LogP contribution in [0.15, 0.2) is 141 Å². The van der Waals surface area contributed by atoms with Crippen molar-refractivity contribution in [1.29, 1.82) is 0 Å². The second-order valence-electron chi connectivity index (χ2n) is 15.9. The number of hydrogen-bond acceptors (Lipinski definition) is 13. The molecule has 0 spiro atoms. The van der Waals surface area contributed by atoms with Crippen LogP contribution in [0.5, 0.6) is 0 Å². The maximum atomic E-state index is 13.5. The molecule has 2 amide bonds. The Bertz CT molecular complexity index is 2960. The molecule has 2 aliphatic rings. The molecule has 332 valence electrons. The predicted octanol–water partition coefficient (Wildman–Crippen LogP) is 8.19. The zero-order valence-electron chi connectivity index (χ0n) is 35.1. The van der Waals surface area contributed by atoms with Crippen molar-refractivity contribution < 1.29 is 36.5 Å². The molecule has 17 heteroatoms. The van der Waals surface area contributed by atoms with Gasteiger partial charge in [-0.15, -0.1) is 0 Å². The van der Waals surface area contributed by atoms with Gasteiger partial charge in [0.05, 0.1) is 4.92 Å². The second kappa shape index (κ2) is 18.8. The molecule has 0 radical (unpaired) electrons. The number of nitro benzene ring substituents is 1. The van der Waals surface area contributed by atoms with Gasteiger partial charge in [0.1, 0.15) is 21.9 Å². The molecule has 0 unspecified atom stereocenters. The highest BCUT2D eigenvalue weighted by atomic mass is 32.2. The first-order valence-electron chi connectivity index (χ1n) is 21.3. The van der Waals surface area contributed by atoms with E-state index in [1.54, 1.807) is 54.6 Å². The van der Waals surface area contributed by atoms with E-state index in [-0.39, 0.29) is 27.8 Å². The number of furan rings is 1. The molecule has 2 aliphatic heterocycles. The van der Waals surface area contributed by atoms with E-state index in [0.717, 1.165) is 48.3 Å². The number of para-hydroxylation sites is 1. The van der Waals surface area contributed by atoms with Crippen LogP contribution in [0.3, 0.4) is 0 Å². The van der Waals surface area contributed by atoms with Crippen LogP contribution in [0, 0.1) is 16.0 Å². The molecule has 4 heterocycles. The normalized spacial score (nSPS) is 14.9. The Balaban J connectivity index is 0.795. The minimum absolute atomic E-state index is 0.124. The summed E-state index contributed by atoms with van der Waals surface area (Å²) in [5, 5.41) is 17.8. The topological polar surface area (TPSA) is 202 Å². The van der Waals surface area contributed by atoms with Gasteiger partial charge in [0.15, 0.2) is 11.3 Å². The number of piperazine rings is 1. The Kier molecular flexibility index (Phi) is 12.4. The molecule has 3 N–H and O–H groups in total. The van der Waals surface area contributed by atoms with Gasteiger partial charge in [-0.1, -0.05) is 48.5 Å². The number of carbonyl (C=O) groups excluding carboxylic acids is 2. The van der Waals surface area contributed by atoms with Gasteiger partial charge in [-0.3, -0.25) is 24.6 Å². The summed E-state index contributed by atoms with van der Waals surface area (Å²) in [5.74, 6) is 0.160. The Morgan fingerprint density at radius 3 is 2.32 bits per heavy atom. The molecule has 2 saturated heterocycles. The quantitative estimate of drug-likeness (QED) is 0.0697. The molecule has 2 aromatic heterocycles. The van der Waals surface area contributed by atoms with Crippen molar-refractivity contribution in [3.8, 4) is 22.8 Å². The van der Waals surface area contributed by atoms with Crippen molar-refractivity contribution in [3.05, 3.63) is 154 Å². The molecule has 16 nitrogen and oxygen atoms in total. The highest BCUT2D eigenvalue weighted by Crippen LogP contribution is 2.33. The van der Waals surface area contributed by atoms with Crippen LogP contribution in [0.4, 0.5) is 22.7 Å². The van der Waals surface area contributed by atoms with Crippen LogP contribution in [0.25, 0.3) is 33.9 Å². The highest BCUT2D eigenvalue weighted by molar-refractivity contribution is 7.90. The predicted molar refractivity (Wildman–Crippen MR) is 245 cm³/mol. The number of aromatic nitrogens is 1. The number of nitrogens with one attached hydrogen (secondary N) is 3. The molecule has 0 atom stereocenters. The van der Waals surface area contributed by atoms with Gasteiger partial charge in [0.25, 0.3) is 27.5 Å². The van der Waals surface area contributed by atoms with Crippen molar-refractivity contribution in [2.45, 2.75) is 24.3 Å². The zero-order chi connectivity index (χ0) is 44.9. The van der Waals surface area contributed by atoms with E-state index in [1.807, 2.05) is 48.5 Å². The molecular weight excluding hydrogens is 851 g/mol. The number of fused-ring (bicyclic) bond motifs is 1. The van der Waals surface area contributed by atoms with Crippen LogP contribution in [-0.4, -0.2) is 81.0 Å². The fraction of sp³-hybridized carbons (Fsp3) is 0.229. The average Bonchev–Trinajstić information content (AvgIpc) is 4.00. The molecule has 2 fully saturated rings. The second-order valence-corrected chi connectivity index (χ2v) is 17.6. The number of nitrogens with zero attached hydrogens (tertiary/aromatic N) is 4. The monoisotopic (exact) mass is 895 g/mol. The van der Waals surface area contributed by atoms with Crippen LogP contribution in [-0.2, 0) is 21.3 Å². The summed E-state index contributed by atoms with van der Waals surface area (Å²) in [4.78, 5) is 46.6. The maximum absolute atomic E-state index is 13.5. The number of benzene rings is 5. The van der Waals surface area contributed by atoms with E-state index in [4.69, 9.17) is 13.6 Å². The summed E-state index contributed by atoms with van der Waals surface area (Å²) in [5.41, 5.74) is 5.03. The minimum Gasteiger partial charge on any atom is -0.451 e. The molecule has 5 aromatic carbocycles. The standard InChI is InChI=1S/C48H45N7O9S/c56-46(52-65(60,61)44-12-6-11-40(55(58)59)45(44)49-30-32-21-27-62-28-22-32)33-13-16-37(17-14-33)54-25-23-53(24-26-54)31-35-9-4-5-10-38(35)41-19-20-43(63-41)47(57)50-36-15-18-42-39(29-36)51-48(64-42)34-7-2-1-3-8-34/h1-20,29,32,49H,21-28,30-31H2,(H,50,57)(H,52,56). The first-order chi connectivity index (χ1) is 31.6. The third kappa shape index (κ3) is 9.77. The number of amides is 2. The fourth-order valence-electron chi connectivity index (χ4n) is 8.14. The number of anilines is 3. The zero-order valence-corrected chi connectivity index (χ0v) is 36.0. The number of ether oxygens (including phenoxy) is 1.